The number of likely N-dealkylation sites (tertiary alicyclic amines) is 1. The summed E-state index contributed by atoms with van der Waals surface area (Å²) in [5.41, 5.74) is 2.70. The van der Waals surface area contributed by atoms with Gasteiger partial charge >= 0.3 is 0 Å². The van der Waals surface area contributed by atoms with Crippen LogP contribution in [0.2, 0.25) is 0 Å². The maximum atomic E-state index is 3.37. The van der Waals surface area contributed by atoms with Gasteiger partial charge in [0.25, 0.3) is 0 Å². The summed E-state index contributed by atoms with van der Waals surface area (Å²) in [5, 5.41) is 1.38. The van der Waals surface area contributed by atoms with Gasteiger partial charge < -0.3 is 14.8 Å². The van der Waals surface area contributed by atoms with Crippen molar-refractivity contribution in [2.45, 2.75) is 32.1 Å². The smallest absolute Gasteiger partial charge is 0.0456 e. The third-order valence-electron chi connectivity index (χ3n) is 4.90. The fourth-order valence-corrected chi connectivity index (χ4v) is 3.51. The molecule has 1 aliphatic heterocycles. The van der Waals surface area contributed by atoms with Crippen LogP contribution in [0.3, 0.4) is 0 Å². The van der Waals surface area contributed by atoms with E-state index in [0.29, 0.717) is 0 Å². The standard InChI is InChI=1S/C19H29N3.ClH/c1-21(11-7-14-22-12-5-2-6-13-22)15-10-17-16-20-19-9-4-3-8-18(17)19;/h3-4,8-9,16,20H,2,5-7,10-15H2,1H3;1H. The number of benzene rings is 1. The second-order valence-electron chi connectivity index (χ2n) is 6.67. The van der Waals surface area contributed by atoms with E-state index in [4.69, 9.17) is 0 Å². The minimum atomic E-state index is 0. The summed E-state index contributed by atoms with van der Waals surface area (Å²) in [7, 11) is 2.26. The summed E-state index contributed by atoms with van der Waals surface area (Å²) in [6, 6.07) is 8.59. The molecule has 4 heteroatoms. The Morgan fingerprint density at radius 2 is 1.87 bits per heavy atom. The molecule has 0 amide bonds. The van der Waals surface area contributed by atoms with Gasteiger partial charge in [0.2, 0.25) is 0 Å². The Kier molecular flexibility index (Phi) is 7.41. The Morgan fingerprint density at radius 1 is 1.09 bits per heavy atom. The van der Waals surface area contributed by atoms with Crippen LogP contribution >= 0.6 is 12.4 Å². The summed E-state index contributed by atoms with van der Waals surface area (Å²) in [6.07, 6.45) is 8.83. The number of aromatic amines is 1. The van der Waals surface area contributed by atoms with Gasteiger partial charge in [0.15, 0.2) is 0 Å². The number of rotatable bonds is 7. The van der Waals surface area contributed by atoms with Crippen LogP contribution in [0, 0.1) is 0 Å². The lowest BCUT2D eigenvalue weighted by Gasteiger charge is -2.27. The molecule has 128 valence electrons. The molecule has 0 bridgehead atoms. The Bertz CT molecular complexity index is 575. The highest BCUT2D eigenvalue weighted by Gasteiger charge is 2.10. The first-order chi connectivity index (χ1) is 10.8. The molecule has 1 aromatic carbocycles. The molecule has 0 aliphatic carbocycles. The van der Waals surface area contributed by atoms with Crippen molar-refractivity contribution < 1.29 is 0 Å². The molecule has 0 unspecified atom stereocenters. The molecule has 1 fully saturated rings. The minimum absolute atomic E-state index is 0. The first-order valence-corrected chi connectivity index (χ1v) is 8.79. The zero-order valence-electron chi connectivity index (χ0n) is 14.3. The van der Waals surface area contributed by atoms with E-state index >= 15 is 0 Å². The van der Waals surface area contributed by atoms with Crippen molar-refractivity contribution in [1.29, 1.82) is 0 Å². The van der Waals surface area contributed by atoms with E-state index in [-0.39, 0.29) is 12.4 Å². The highest BCUT2D eigenvalue weighted by atomic mass is 35.5. The summed E-state index contributed by atoms with van der Waals surface area (Å²) >= 11 is 0. The lowest BCUT2D eigenvalue weighted by molar-refractivity contribution is 0.212. The van der Waals surface area contributed by atoms with E-state index in [2.05, 4.69) is 52.3 Å². The van der Waals surface area contributed by atoms with Gasteiger partial charge in [0.1, 0.15) is 0 Å². The minimum Gasteiger partial charge on any atom is -0.361 e. The van der Waals surface area contributed by atoms with Crippen LogP contribution in [0.25, 0.3) is 10.9 Å². The number of piperidine rings is 1. The monoisotopic (exact) mass is 335 g/mol. The van der Waals surface area contributed by atoms with Gasteiger partial charge in [0.05, 0.1) is 0 Å². The number of fused-ring (bicyclic) bond motifs is 1. The summed E-state index contributed by atoms with van der Waals surface area (Å²) in [5.74, 6) is 0. The molecule has 1 N–H and O–H groups in total. The quantitative estimate of drug-likeness (QED) is 0.828. The number of aromatic nitrogens is 1. The molecular weight excluding hydrogens is 306 g/mol. The number of H-pyrrole nitrogens is 1. The second kappa shape index (κ2) is 9.31. The van der Waals surface area contributed by atoms with Crippen molar-refractivity contribution in [3.05, 3.63) is 36.0 Å². The van der Waals surface area contributed by atoms with Crippen molar-refractivity contribution in [2.75, 3.05) is 39.8 Å². The van der Waals surface area contributed by atoms with Crippen molar-refractivity contribution in [3.63, 3.8) is 0 Å². The Hall–Kier alpha value is -1.03. The van der Waals surface area contributed by atoms with E-state index in [1.807, 2.05) is 0 Å². The van der Waals surface area contributed by atoms with E-state index in [0.717, 1.165) is 13.0 Å². The van der Waals surface area contributed by atoms with Gasteiger partial charge in [-0.05, 0) is 70.5 Å². The summed E-state index contributed by atoms with van der Waals surface area (Å²) in [6.45, 7) is 6.26. The summed E-state index contributed by atoms with van der Waals surface area (Å²) < 4.78 is 0. The largest absolute Gasteiger partial charge is 0.361 e. The lowest BCUT2D eigenvalue weighted by Crippen LogP contribution is -2.33. The molecule has 23 heavy (non-hydrogen) atoms. The van der Waals surface area contributed by atoms with Gasteiger partial charge in [-0.1, -0.05) is 24.6 Å². The molecule has 3 nitrogen and oxygen atoms in total. The first kappa shape index (κ1) is 18.3. The predicted octanol–water partition coefficient (Wildman–Crippen LogP) is 3.94. The van der Waals surface area contributed by atoms with Crippen molar-refractivity contribution in [3.8, 4) is 0 Å². The molecule has 0 spiro atoms. The van der Waals surface area contributed by atoms with Crippen molar-refractivity contribution in [1.82, 2.24) is 14.8 Å². The average Bonchev–Trinajstić information content (AvgIpc) is 2.97. The van der Waals surface area contributed by atoms with Crippen LogP contribution in [0.4, 0.5) is 0 Å². The fourth-order valence-electron chi connectivity index (χ4n) is 3.51. The molecule has 1 aromatic heterocycles. The SMILES string of the molecule is CN(CCCN1CCCCC1)CCc1c[nH]c2ccccc12.Cl. The first-order valence-electron chi connectivity index (χ1n) is 8.79. The third kappa shape index (κ3) is 5.23. The number of halogens is 1. The zero-order valence-corrected chi connectivity index (χ0v) is 15.1. The van der Waals surface area contributed by atoms with E-state index in [1.165, 1.54) is 68.3 Å². The number of nitrogens with zero attached hydrogens (tertiary/aromatic N) is 2. The normalized spacial score (nSPS) is 15.9. The highest BCUT2D eigenvalue weighted by molar-refractivity contribution is 5.85. The molecular formula is C19H30ClN3. The van der Waals surface area contributed by atoms with E-state index < -0.39 is 0 Å². The lowest BCUT2D eigenvalue weighted by atomic mass is 10.1. The number of hydrogen-bond acceptors (Lipinski definition) is 2. The molecule has 2 heterocycles. The Morgan fingerprint density at radius 3 is 2.70 bits per heavy atom. The molecule has 1 aliphatic rings. The van der Waals surface area contributed by atoms with Crippen molar-refractivity contribution >= 4 is 23.3 Å². The molecule has 0 atom stereocenters. The molecule has 3 rings (SSSR count). The van der Waals surface area contributed by atoms with Gasteiger partial charge in [-0.3, -0.25) is 0 Å². The van der Waals surface area contributed by atoms with E-state index in [1.54, 1.807) is 0 Å². The molecule has 1 saturated heterocycles. The Balaban J connectivity index is 0.00000192. The number of para-hydroxylation sites is 1. The number of likely N-dealkylation sites (N-methyl/N-ethyl adjacent to an activating group) is 1. The van der Waals surface area contributed by atoms with E-state index in [9.17, 15) is 0 Å². The van der Waals surface area contributed by atoms with Crippen LogP contribution in [-0.2, 0) is 6.42 Å². The van der Waals surface area contributed by atoms with Gasteiger partial charge in [0, 0.05) is 23.6 Å². The maximum Gasteiger partial charge on any atom is 0.0456 e. The topological polar surface area (TPSA) is 22.3 Å². The number of nitrogens with one attached hydrogen (secondary N) is 1. The van der Waals surface area contributed by atoms with Crippen LogP contribution in [-0.4, -0.2) is 54.6 Å². The third-order valence-corrected chi connectivity index (χ3v) is 4.90. The predicted molar refractivity (Wildman–Crippen MR) is 102 cm³/mol. The zero-order chi connectivity index (χ0) is 15.2. The van der Waals surface area contributed by atoms with Crippen LogP contribution in [0.5, 0.6) is 0 Å². The Labute approximate surface area is 146 Å². The van der Waals surface area contributed by atoms with Crippen LogP contribution in [0.1, 0.15) is 31.2 Å². The van der Waals surface area contributed by atoms with Gasteiger partial charge in [-0.15, -0.1) is 12.4 Å². The van der Waals surface area contributed by atoms with Crippen molar-refractivity contribution in [2.24, 2.45) is 0 Å². The average molecular weight is 336 g/mol. The highest BCUT2D eigenvalue weighted by Crippen LogP contribution is 2.18. The van der Waals surface area contributed by atoms with Gasteiger partial charge in [-0.25, -0.2) is 0 Å². The van der Waals surface area contributed by atoms with Crippen LogP contribution in [0.15, 0.2) is 30.5 Å². The summed E-state index contributed by atoms with van der Waals surface area (Å²) in [4.78, 5) is 8.49. The maximum absolute atomic E-state index is 3.37. The molecule has 2 aromatic rings. The fraction of sp³-hybridized carbons (Fsp3) is 0.579. The van der Waals surface area contributed by atoms with Crippen LogP contribution < -0.4 is 0 Å². The molecule has 0 radical (unpaired) electrons. The number of hydrogen-bond donors (Lipinski definition) is 1. The van der Waals surface area contributed by atoms with Gasteiger partial charge in [-0.2, -0.15) is 0 Å². The second-order valence-corrected chi connectivity index (χ2v) is 6.67. The molecule has 0 saturated carbocycles.